The van der Waals surface area contributed by atoms with Crippen LogP contribution in [-0.4, -0.2) is 63.2 Å². The van der Waals surface area contributed by atoms with Gasteiger partial charge in [0.2, 0.25) is 5.79 Å². The second-order valence-electron chi connectivity index (χ2n) is 6.99. The average Bonchev–Trinajstić information content (AvgIpc) is 2.72. The summed E-state index contributed by atoms with van der Waals surface area (Å²) in [5, 5.41) is 51.2. The molecule has 2 aromatic carbocycles. The van der Waals surface area contributed by atoms with Crippen LogP contribution >= 0.6 is 11.6 Å². The van der Waals surface area contributed by atoms with E-state index in [4.69, 9.17) is 21.1 Å². The first-order chi connectivity index (χ1) is 13.8. The minimum atomic E-state index is -2.33. The van der Waals surface area contributed by atoms with E-state index in [-0.39, 0.29) is 5.56 Å². The first-order valence-corrected chi connectivity index (χ1v) is 9.74. The van der Waals surface area contributed by atoms with Crippen molar-refractivity contribution in [3.63, 3.8) is 0 Å². The molecule has 0 amide bonds. The van der Waals surface area contributed by atoms with Gasteiger partial charge in [-0.3, -0.25) is 0 Å². The summed E-state index contributed by atoms with van der Waals surface area (Å²) in [5.41, 5.74) is 1.67. The molecule has 5 atom stereocenters. The Hall–Kier alpha value is -1.71. The van der Waals surface area contributed by atoms with E-state index in [1.165, 1.54) is 6.07 Å². The zero-order valence-corrected chi connectivity index (χ0v) is 16.7. The molecule has 1 saturated heterocycles. The molecule has 0 spiro atoms. The van der Waals surface area contributed by atoms with Crippen molar-refractivity contribution >= 4 is 11.6 Å². The number of halogens is 1. The van der Waals surface area contributed by atoms with Crippen molar-refractivity contribution in [2.75, 3.05) is 13.2 Å². The SMILES string of the molecule is CCOc1ccccc1Cc1cc([C@]2(O)O[C@H](CO)[C@@H](O)[C@H](O)[C@H]2O)ccc1Cl. The van der Waals surface area contributed by atoms with Gasteiger partial charge in [0.05, 0.1) is 13.2 Å². The van der Waals surface area contributed by atoms with Crippen molar-refractivity contribution in [1.29, 1.82) is 0 Å². The van der Waals surface area contributed by atoms with Gasteiger partial charge in [0.1, 0.15) is 30.2 Å². The highest BCUT2D eigenvalue weighted by Crippen LogP contribution is 2.38. The molecule has 3 rings (SSSR count). The standard InChI is InChI=1S/C21H25ClO7/c1-2-28-16-6-4-3-5-12(16)9-13-10-14(7-8-15(13)22)21(27)20(26)19(25)18(24)17(11-23)29-21/h3-8,10,17-20,23-27H,2,9,11H2,1H3/t17-,18-,19+,20-,21+/m1/s1. The highest BCUT2D eigenvalue weighted by Gasteiger charge is 2.53. The Morgan fingerprint density at radius 1 is 1.07 bits per heavy atom. The lowest BCUT2D eigenvalue weighted by Crippen LogP contribution is -2.63. The van der Waals surface area contributed by atoms with Gasteiger partial charge in [-0.15, -0.1) is 0 Å². The number of rotatable bonds is 6. The van der Waals surface area contributed by atoms with Crippen LogP contribution in [0.1, 0.15) is 23.6 Å². The number of benzene rings is 2. The molecule has 29 heavy (non-hydrogen) atoms. The van der Waals surface area contributed by atoms with Gasteiger partial charge in [0, 0.05) is 17.0 Å². The third-order valence-corrected chi connectivity index (χ3v) is 5.45. The highest BCUT2D eigenvalue weighted by atomic mass is 35.5. The predicted octanol–water partition coefficient (Wildman–Crippen LogP) is 0.948. The predicted molar refractivity (Wildman–Crippen MR) is 106 cm³/mol. The lowest BCUT2D eigenvalue weighted by Gasteiger charge is -2.45. The Morgan fingerprint density at radius 3 is 2.48 bits per heavy atom. The fraction of sp³-hybridized carbons (Fsp3) is 0.429. The van der Waals surface area contributed by atoms with Crippen molar-refractivity contribution in [3.8, 4) is 5.75 Å². The number of aliphatic hydroxyl groups excluding tert-OH is 4. The normalized spacial score (nSPS) is 29.6. The minimum absolute atomic E-state index is 0.141. The average molecular weight is 425 g/mol. The van der Waals surface area contributed by atoms with Crippen molar-refractivity contribution in [1.82, 2.24) is 0 Å². The molecule has 0 radical (unpaired) electrons. The molecular formula is C21H25ClO7. The quantitative estimate of drug-likeness (QED) is 0.468. The van der Waals surface area contributed by atoms with Crippen LogP contribution in [0.4, 0.5) is 0 Å². The monoisotopic (exact) mass is 424 g/mol. The number of hydrogen-bond donors (Lipinski definition) is 5. The Labute approximate surface area is 173 Å². The molecule has 1 aliphatic heterocycles. The first kappa shape index (κ1) is 22.0. The Kier molecular flexibility index (Phi) is 6.80. The van der Waals surface area contributed by atoms with Gasteiger partial charge in [-0.1, -0.05) is 35.9 Å². The molecule has 0 aromatic heterocycles. The molecule has 8 heteroatoms. The molecule has 2 aromatic rings. The van der Waals surface area contributed by atoms with Crippen molar-refractivity contribution in [2.24, 2.45) is 0 Å². The number of aliphatic hydroxyl groups is 5. The molecule has 1 fully saturated rings. The summed E-state index contributed by atoms with van der Waals surface area (Å²) in [5.74, 6) is -1.62. The van der Waals surface area contributed by atoms with Crippen molar-refractivity contribution in [2.45, 2.75) is 43.5 Å². The molecule has 7 nitrogen and oxygen atoms in total. The summed E-state index contributed by atoms with van der Waals surface area (Å²) in [6, 6.07) is 12.1. The lowest BCUT2D eigenvalue weighted by molar-refractivity contribution is -0.357. The molecule has 158 valence electrons. The lowest BCUT2D eigenvalue weighted by atomic mass is 9.87. The Morgan fingerprint density at radius 2 is 1.79 bits per heavy atom. The minimum Gasteiger partial charge on any atom is -0.494 e. The maximum atomic E-state index is 11.0. The summed E-state index contributed by atoms with van der Waals surface area (Å²) in [7, 11) is 0. The van der Waals surface area contributed by atoms with Crippen molar-refractivity contribution in [3.05, 3.63) is 64.2 Å². The van der Waals surface area contributed by atoms with Gasteiger partial charge in [-0.05, 0) is 36.2 Å². The van der Waals surface area contributed by atoms with Crippen molar-refractivity contribution < 1.29 is 35.0 Å². The van der Waals surface area contributed by atoms with E-state index in [9.17, 15) is 25.5 Å². The highest BCUT2D eigenvalue weighted by molar-refractivity contribution is 6.31. The molecular weight excluding hydrogens is 400 g/mol. The maximum absolute atomic E-state index is 11.0. The Balaban J connectivity index is 1.97. The molecule has 1 aliphatic rings. The zero-order valence-electron chi connectivity index (χ0n) is 15.9. The molecule has 0 saturated carbocycles. The van der Waals surface area contributed by atoms with Gasteiger partial charge >= 0.3 is 0 Å². The fourth-order valence-corrected chi connectivity index (χ4v) is 3.66. The molecule has 0 bridgehead atoms. The molecule has 1 heterocycles. The molecule has 0 aliphatic carbocycles. The van der Waals surface area contributed by atoms with Crippen LogP contribution in [0.3, 0.4) is 0 Å². The largest absolute Gasteiger partial charge is 0.494 e. The first-order valence-electron chi connectivity index (χ1n) is 9.36. The van der Waals surface area contributed by atoms with Crippen LogP contribution in [0.25, 0.3) is 0 Å². The number of para-hydroxylation sites is 1. The second kappa shape index (κ2) is 8.97. The van der Waals surface area contributed by atoms with Gasteiger partial charge in [-0.2, -0.15) is 0 Å². The maximum Gasteiger partial charge on any atom is 0.222 e. The fourth-order valence-electron chi connectivity index (χ4n) is 3.48. The van der Waals surface area contributed by atoms with Gasteiger partial charge in [0.25, 0.3) is 0 Å². The summed E-state index contributed by atoms with van der Waals surface area (Å²) in [6.07, 6.45) is -5.95. The van der Waals surface area contributed by atoms with Crippen LogP contribution < -0.4 is 4.74 Å². The van der Waals surface area contributed by atoms with Crippen LogP contribution in [0.5, 0.6) is 5.75 Å². The van der Waals surface area contributed by atoms with Crippen LogP contribution in [-0.2, 0) is 16.9 Å². The third kappa shape index (κ3) is 4.27. The van der Waals surface area contributed by atoms with Gasteiger partial charge in [-0.25, -0.2) is 0 Å². The number of hydrogen-bond acceptors (Lipinski definition) is 7. The van der Waals surface area contributed by atoms with E-state index in [2.05, 4.69) is 0 Å². The second-order valence-corrected chi connectivity index (χ2v) is 7.39. The van der Waals surface area contributed by atoms with Crippen LogP contribution in [0.15, 0.2) is 42.5 Å². The smallest absolute Gasteiger partial charge is 0.222 e. The topological polar surface area (TPSA) is 120 Å². The van der Waals surface area contributed by atoms with E-state index in [1.54, 1.807) is 12.1 Å². The number of ether oxygens (including phenoxy) is 2. The van der Waals surface area contributed by atoms with Crippen LogP contribution in [0.2, 0.25) is 5.02 Å². The van der Waals surface area contributed by atoms with E-state index in [0.717, 1.165) is 5.56 Å². The molecule has 0 unspecified atom stereocenters. The summed E-state index contributed by atoms with van der Waals surface area (Å²) in [4.78, 5) is 0. The van der Waals surface area contributed by atoms with E-state index in [1.807, 2.05) is 31.2 Å². The van der Waals surface area contributed by atoms with Crippen LogP contribution in [0, 0.1) is 0 Å². The third-order valence-electron chi connectivity index (χ3n) is 5.08. The summed E-state index contributed by atoms with van der Waals surface area (Å²) >= 11 is 6.35. The zero-order chi connectivity index (χ0) is 21.2. The van der Waals surface area contributed by atoms with E-state index < -0.39 is 36.8 Å². The van der Waals surface area contributed by atoms with E-state index >= 15 is 0 Å². The van der Waals surface area contributed by atoms with Gasteiger partial charge in [0.15, 0.2) is 0 Å². The molecule has 5 N–H and O–H groups in total. The summed E-state index contributed by atoms with van der Waals surface area (Å²) < 4.78 is 11.0. The summed E-state index contributed by atoms with van der Waals surface area (Å²) in [6.45, 7) is 1.75. The van der Waals surface area contributed by atoms with E-state index in [0.29, 0.717) is 29.4 Å². The Bertz CT molecular complexity index is 844. The van der Waals surface area contributed by atoms with Gasteiger partial charge < -0.3 is 35.0 Å².